The minimum atomic E-state index is 0.233. The Morgan fingerprint density at radius 3 is 2.29 bits per heavy atom. The summed E-state index contributed by atoms with van der Waals surface area (Å²) in [6.45, 7) is 13.3. The highest BCUT2D eigenvalue weighted by atomic mass is 15.0. The Bertz CT molecular complexity index is 1260. The third-order valence-electron chi connectivity index (χ3n) is 5.91. The molecule has 0 saturated carbocycles. The Kier molecular flexibility index (Phi) is 5.38. The van der Waals surface area contributed by atoms with Gasteiger partial charge in [0.05, 0.1) is 12.4 Å². The molecule has 158 valence electrons. The van der Waals surface area contributed by atoms with Crippen LogP contribution in [0.5, 0.6) is 0 Å². The fourth-order valence-electron chi connectivity index (χ4n) is 4.28. The van der Waals surface area contributed by atoms with E-state index >= 15 is 0 Å². The minimum Gasteiger partial charge on any atom is -0.261 e. The van der Waals surface area contributed by atoms with E-state index in [1.54, 1.807) is 0 Å². The van der Waals surface area contributed by atoms with Crippen LogP contribution in [0.1, 0.15) is 43.2 Å². The lowest BCUT2D eigenvalue weighted by molar-refractivity contribution is -0.662. The molecule has 0 saturated heterocycles. The van der Waals surface area contributed by atoms with Crippen molar-refractivity contribution < 1.29 is 4.57 Å². The number of nitrogens with zero attached hydrogens (tertiary/aromatic N) is 3. The monoisotopic (exact) mass is 410 g/mol. The van der Waals surface area contributed by atoms with Gasteiger partial charge in [0.15, 0.2) is 5.52 Å². The molecule has 2 aromatic carbocycles. The standard InChI is InChI=1S/C28H32N3/c1-18-12-19(2)20(3)24(13-18)27-25-14-21(9-11-26(25)30-17-31(27)7)22-8-10-23(29-16-22)15-28(4,5)6/h8-14,16-17H,15H2,1-7H3/q+1. The highest BCUT2D eigenvalue weighted by Crippen LogP contribution is 2.32. The second kappa shape index (κ2) is 7.88. The van der Waals surface area contributed by atoms with Gasteiger partial charge in [-0.25, -0.2) is 4.57 Å². The van der Waals surface area contributed by atoms with Crippen LogP contribution in [0.15, 0.2) is 55.0 Å². The normalized spacial score (nSPS) is 11.8. The Morgan fingerprint density at radius 2 is 1.61 bits per heavy atom. The number of hydrogen-bond acceptors (Lipinski definition) is 2. The Labute approximate surface area is 185 Å². The summed E-state index contributed by atoms with van der Waals surface area (Å²) in [7, 11) is 2.08. The van der Waals surface area contributed by atoms with Gasteiger partial charge in [0, 0.05) is 23.0 Å². The molecule has 0 unspecified atom stereocenters. The van der Waals surface area contributed by atoms with Gasteiger partial charge in [-0.15, -0.1) is 0 Å². The van der Waals surface area contributed by atoms with Crippen molar-refractivity contribution in [3.63, 3.8) is 0 Å². The van der Waals surface area contributed by atoms with E-state index in [2.05, 4.69) is 101 Å². The van der Waals surface area contributed by atoms with Crippen LogP contribution in [0.3, 0.4) is 0 Å². The van der Waals surface area contributed by atoms with Crippen LogP contribution in [0.2, 0.25) is 0 Å². The van der Waals surface area contributed by atoms with Crippen LogP contribution in [-0.2, 0) is 13.5 Å². The summed E-state index contributed by atoms with van der Waals surface area (Å²) in [5.41, 5.74) is 11.0. The summed E-state index contributed by atoms with van der Waals surface area (Å²) >= 11 is 0. The Hall–Kier alpha value is -3.07. The summed E-state index contributed by atoms with van der Waals surface area (Å²) < 4.78 is 2.14. The van der Waals surface area contributed by atoms with Crippen molar-refractivity contribution in [3.8, 4) is 22.4 Å². The van der Waals surface area contributed by atoms with E-state index in [0.717, 1.165) is 28.6 Å². The largest absolute Gasteiger partial charge is 0.287 e. The molecular formula is C28H32N3+. The fourth-order valence-corrected chi connectivity index (χ4v) is 4.28. The van der Waals surface area contributed by atoms with Gasteiger partial charge >= 0.3 is 0 Å². The van der Waals surface area contributed by atoms with Crippen LogP contribution >= 0.6 is 0 Å². The first-order valence-electron chi connectivity index (χ1n) is 10.9. The molecule has 2 heterocycles. The molecule has 3 heteroatoms. The molecule has 0 aliphatic carbocycles. The van der Waals surface area contributed by atoms with Crippen LogP contribution in [0, 0.1) is 26.2 Å². The van der Waals surface area contributed by atoms with Crippen molar-refractivity contribution in [2.45, 2.75) is 48.0 Å². The summed E-state index contributed by atoms with van der Waals surface area (Å²) in [5, 5.41) is 1.16. The van der Waals surface area contributed by atoms with Gasteiger partial charge in [-0.05, 0) is 84.6 Å². The third-order valence-corrected chi connectivity index (χ3v) is 5.91. The molecule has 0 atom stereocenters. The molecule has 4 rings (SSSR count). The molecule has 0 bridgehead atoms. The molecule has 4 aromatic rings. The number of pyridine rings is 1. The molecule has 0 amide bonds. The number of fused-ring (bicyclic) bond motifs is 1. The van der Waals surface area contributed by atoms with Crippen molar-refractivity contribution in [1.29, 1.82) is 0 Å². The van der Waals surface area contributed by atoms with Crippen LogP contribution in [0.4, 0.5) is 0 Å². The number of rotatable bonds is 3. The van der Waals surface area contributed by atoms with Gasteiger partial charge in [0.25, 0.3) is 6.33 Å². The number of aromatic nitrogens is 3. The first-order chi connectivity index (χ1) is 14.6. The van der Waals surface area contributed by atoms with Gasteiger partial charge in [-0.3, -0.25) is 4.98 Å². The fraction of sp³-hybridized carbons (Fsp3) is 0.321. The van der Waals surface area contributed by atoms with E-state index in [4.69, 9.17) is 4.98 Å². The summed E-state index contributed by atoms with van der Waals surface area (Å²) in [5.74, 6) is 0. The molecule has 0 radical (unpaired) electrons. The molecule has 0 aliphatic heterocycles. The lowest BCUT2D eigenvalue weighted by atomic mass is 9.90. The molecule has 0 aliphatic rings. The number of aryl methyl sites for hydroxylation is 3. The topological polar surface area (TPSA) is 29.7 Å². The number of hydrogen-bond donors (Lipinski definition) is 0. The van der Waals surface area contributed by atoms with Gasteiger partial charge in [-0.1, -0.05) is 38.5 Å². The second-order valence-corrected chi connectivity index (χ2v) is 9.97. The molecule has 2 aromatic heterocycles. The van der Waals surface area contributed by atoms with Gasteiger partial charge in [0.1, 0.15) is 5.69 Å². The average Bonchev–Trinajstić information content (AvgIpc) is 2.70. The smallest absolute Gasteiger partial charge is 0.261 e. The van der Waals surface area contributed by atoms with Crippen molar-refractivity contribution in [1.82, 2.24) is 9.97 Å². The van der Waals surface area contributed by atoms with E-state index in [1.807, 2.05) is 12.5 Å². The van der Waals surface area contributed by atoms with Gasteiger partial charge in [0.2, 0.25) is 0 Å². The van der Waals surface area contributed by atoms with Crippen molar-refractivity contribution in [2.24, 2.45) is 12.5 Å². The van der Waals surface area contributed by atoms with Crippen LogP contribution < -0.4 is 4.57 Å². The van der Waals surface area contributed by atoms with E-state index in [-0.39, 0.29) is 5.41 Å². The number of benzene rings is 2. The Morgan fingerprint density at radius 1 is 0.871 bits per heavy atom. The molecular weight excluding hydrogens is 378 g/mol. The minimum absolute atomic E-state index is 0.233. The van der Waals surface area contributed by atoms with Gasteiger partial charge in [-0.2, -0.15) is 0 Å². The summed E-state index contributed by atoms with van der Waals surface area (Å²) in [6, 6.07) is 15.4. The van der Waals surface area contributed by atoms with Gasteiger partial charge < -0.3 is 0 Å². The lowest BCUT2D eigenvalue weighted by Crippen LogP contribution is -2.32. The highest BCUT2D eigenvalue weighted by molar-refractivity contribution is 5.94. The van der Waals surface area contributed by atoms with E-state index in [1.165, 1.54) is 33.5 Å². The first-order valence-corrected chi connectivity index (χ1v) is 10.9. The van der Waals surface area contributed by atoms with Crippen molar-refractivity contribution >= 4 is 10.9 Å². The maximum absolute atomic E-state index is 4.74. The summed E-state index contributed by atoms with van der Waals surface area (Å²) in [6.07, 6.45) is 4.89. The van der Waals surface area contributed by atoms with E-state index in [0.29, 0.717) is 0 Å². The zero-order valence-corrected chi connectivity index (χ0v) is 19.7. The first kappa shape index (κ1) is 21.2. The quantitative estimate of drug-likeness (QED) is 0.371. The molecule has 0 N–H and O–H groups in total. The summed E-state index contributed by atoms with van der Waals surface area (Å²) in [4.78, 5) is 9.41. The maximum Gasteiger partial charge on any atom is 0.287 e. The maximum atomic E-state index is 4.74. The predicted molar refractivity (Wildman–Crippen MR) is 129 cm³/mol. The molecule has 3 nitrogen and oxygen atoms in total. The van der Waals surface area contributed by atoms with E-state index in [9.17, 15) is 0 Å². The zero-order valence-electron chi connectivity index (χ0n) is 19.7. The lowest BCUT2D eigenvalue weighted by Gasteiger charge is -2.17. The molecule has 0 spiro atoms. The SMILES string of the molecule is Cc1cc(C)c(C)c(-c2c3cc(-c4ccc(CC(C)(C)C)nc4)ccc3nc[n+]2C)c1. The van der Waals surface area contributed by atoms with Crippen molar-refractivity contribution in [3.05, 3.63) is 77.4 Å². The zero-order chi connectivity index (χ0) is 22.3. The van der Waals surface area contributed by atoms with E-state index < -0.39 is 0 Å². The molecule has 0 fully saturated rings. The predicted octanol–water partition coefficient (Wildman–Crippen LogP) is 6.30. The highest BCUT2D eigenvalue weighted by Gasteiger charge is 2.19. The second-order valence-electron chi connectivity index (χ2n) is 9.97. The van der Waals surface area contributed by atoms with Crippen LogP contribution in [0.25, 0.3) is 33.3 Å². The van der Waals surface area contributed by atoms with Crippen molar-refractivity contribution in [2.75, 3.05) is 0 Å². The molecule has 31 heavy (non-hydrogen) atoms. The Balaban J connectivity index is 1.86. The van der Waals surface area contributed by atoms with Crippen LogP contribution in [-0.4, -0.2) is 9.97 Å². The average molecular weight is 411 g/mol. The third kappa shape index (κ3) is 4.36.